The van der Waals surface area contributed by atoms with E-state index in [0.717, 1.165) is 11.8 Å². The minimum Gasteiger partial charge on any atom is -0.317 e. The Balaban J connectivity index is 1.82. The second-order valence-electron chi connectivity index (χ2n) is 5.10. The molecule has 2 fully saturated rings. The van der Waals surface area contributed by atoms with Crippen LogP contribution in [0.1, 0.15) is 51.9 Å². The molecule has 0 amide bonds. The van der Waals surface area contributed by atoms with Gasteiger partial charge in [-0.25, -0.2) is 0 Å². The SMILES string of the molecule is C[C](C1CCCCC1)C1CCNCC1. The zero-order chi connectivity index (χ0) is 9.80. The van der Waals surface area contributed by atoms with Gasteiger partial charge in [0.1, 0.15) is 0 Å². The fraction of sp³-hybridized carbons (Fsp3) is 0.923. The van der Waals surface area contributed by atoms with Crippen molar-refractivity contribution in [2.75, 3.05) is 13.1 Å². The molecule has 1 aliphatic heterocycles. The predicted molar refractivity (Wildman–Crippen MR) is 61.1 cm³/mol. The minimum atomic E-state index is 0.944. The summed E-state index contributed by atoms with van der Waals surface area (Å²) in [5, 5.41) is 3.46. The average molecular weight is 194 g/mol. The molecular weight excluding hydrogens is 170 g/mol. The van der Waals surface area contributed by atoms with Crippen molar-refractivity contribution in [1.82, 2.24) is 5.32 Å². The largest absolute Gasteiger partial charge is 0.317 e. The second kappa shape index (κ2) is 5.16. The lowest BCUT2D eigenvalue weighted by atomic mass is 9.72. The van der Waals surface area contributed by atoms with Crippen LogP contribution in [0.3, 0.4) is 0 Å². The van der Waals surface area contributed by atoms with E-state index in [9.17, 15) is 0 Å². The van der Waals surface area contributed by atoms with Gasteiger partial charge in [0.15, 0.2) is 0 Å². The maximum Gasteiger partial charge on any atom is -0.00461 e. The Morgan fingerprint density at radius 1 is 0.857 bits per heavy atom. The van der Waals surface area contributed by atoms with Crippen LogP contribution in [0, 0.1) is 17.8 Å². The summed E-state index contributed by atoms with van der Waals surface area (Å²) >= 11 is 0. The Morgan fingerprint density at radius 3 is 2.07 bits per heavy atom. The first-order valence-corrected chi connectivity index (χ1v) is 6.42. The summed E-state index contributed by atoms with van der Waals surface area (Å²) in [7, 11) is 0. The lowest BCUT2D eigenvalue weighted by Gasteiger charge is -2.35. The zero-order valence-corrected chi connectivity index (χ0v) is 9.52. The van der Waals surface area contributed by atoms with E-state index in [4.69, 9.17) is 0 Å². The molecular formula is C13H24N. The Labute approximate surface area is 88.7 Å². The fourth-order valence-electron chi connectivity index (χ4n) is 3.17. The van der Waals surface area contributed by atoms with Gasteiger partial charge in [-0.2, -0.15) is 0 Å². The normalized spacial score (nSPS) is 27.0. The molecule has 0 unspecified atom stereocenters. The molecule has 0 bridgehead atoms. The summed E-state index contributed by atoms with van der Waals surface area (Å²) < 4.78 is 0. The number of hydrogen-bond acceptors (Lipinski definition) is 1. The first-order valence-electron chi connectivity index (χ1n) is 6.42. The van der Waals surface area contributed by atoms with Crippen LogP contribution in [-0.4, -0.2) is 13.1 Å². The number of rotatable bonds is 2. The van der Waals surface area contributed by atoms with E-state index in [2.05, 4.69) is 12.2 Å². The van der Waals surface area contributed by atoms with Crippen molar-refractivity contribution in [1.29, 1.82) is 0 Å². The zero-order valence-electron chi connectivity index (χ0n) is 9.52. The topological polar surface area (TPSA) is 12.0 Å². The molecule has 1 saturated heterocycles. The van der Waals surface area contributed by atoms with Crippen molar-refractivity contribution in [2.45, 2.75) is 51.9 Å². The van der Waals surface area contributed by atoms with Gasteiger partial charge in [0.05, 0.1) is 0 Å². The van der Waals surface area contributed by atoms with Gasteiger partial charge in [0, 0.05) is 0 Å². The molecule has 1 radical (unpaired) electrons. The summed E-state index contributed by atoms with van der Waals surface area (Å²) in [5.74, 6) is 3.76. The van der Waals surface area contributed by atoms with Crippen LogP contribution in [-0.2, 0) is 0 Å². The van der Waals surface area contributed by atoms with Gasteiger partial charge >= 0.3 is 0 Å². The van der Waals surface area contributed by atoms with E-state index in [-0.39, 0.29) is 0 Å². The van der Waals surface area contributed by atoms with Crippen molar-refractivity contribution in [3.63, 3.8) is 0 Å². The van der Waals surface area contributed by atoms with E-state index < -0.39 is 0 Å². The molecule has 1 heterocycles. The highest BCUT2D eigenvalue weighted by Crippen LogP contribution is 2.38. The minimum absolute atomic E-state index is 0.944. The highest BCUT2D eigenvalue weighted by molar-refractivity contribution is 5.00. The molecule has 14 heavy (non-hydrogen) atoms. The molecule has 1 aliphatic carbocycles. The molecule has 0 aromatic heterocycles. The lowest BCUT2D eigenvalue weighted by Crippen LogP contribution is -2.32. The molecule has 2 rings (SSSR count). The van der Waals surface area contributed by atoms with Crippen LogP contribution < -0.4 is 5.32 Å². The molecule has 2 aliphatic rings. The maximum atomic E-state index is 3.46. The summed E-state index contributed by atoms with van der Waals surface area (Å²) in [4.78, 5) is 0. The predicted octanol–water partition coefficient (Wildman–Crippen LogP) is 3.16. The van der Waals surface area contributed by atoms with Gasteiger partial charge in [-0.3, -0.25) is 0 Å². The molecule has 1 saturated carbocycles. The third kappa shape index (κ3) is 2.50. The van der Waals surface area contributed by atoms with Gasteiger partial charge in [0.2, 0.25) is 0 Å². The van der Waals surface area contributed by atoms with Gasteiger partial charge in [-0.1, -0.05) is 26.2 Å². The number of nitrogens with one attached hydrogen (secondary N) is 1. The summed E-state index contributed by atoms with van der Waals surface area (Å²) in [5.41, 5.74) is 0. The van der Waals surface area contributed by atoms with Crippen LogP contribution in [0.2, 0.25) is 0 Å². The maximum absolute atomic E-state index is 3.46. The summed E-state index contributed by atoms with van der Waals surface area (Å²) in [6.45, 7) is 4.93. The van der Waals surface area contributed by atoms with Crippen molar-refractivity contribution in [3.8, 4) is 0 Å². The highest BCUT2D eigenvalue weighted by Gasteiger charge is 2.28. The van der Waals surface area contributed by atoms with E-state index in [1.165, 1.54) is 58.0 Å². The van der Waals surface area contributed by atoms with Gasteiger partial charge in [-0.05, 0) is 56.5 Å². The molecule has 0 aromatic rings. The van der Waals surface area contributed by atoms with Crippen LogP contribution in [0.4, 0.5) is 0 Å². The van der Waals surface area contributed by atoms with Crippen molar-refractivity contribution < 1.29 is 0 Å². The van der Waals surface area contributed by atoms with E-state index in [1.807, 2.05) is 5.92 Å². The van der Waals surface area contributed by atoms with Gasteiger partial charge in [0.25, 0.3) is 0 Å². The molecule has 1 nitrogen and oxygen atoms in total. The molecule has 0 spiro atoms. The third-order valence-corrected chi connectivity index (χ3v) is 4.23. The van der Waals surface area contributed by atoms with E-state index in [1.54, 1.807) is 0 Å². The Kier molecular flexibility index (Phi) is 3.86. The number of piperidine rings is 1. The number of hydrogen-bond donors (Lipinski definition) is 1. The van der Waals surface area contributed by atoms with Gasteiger partial charge < -0.3 is 5.32 Å². The van der Waals surface area contributed by atoms with Crippen LogP contribution in [0.25, 0.3) is 0 Å². The Bertz CT molecular complexity index is 137. The molecule has 0 aromatic carbocycles. The molecule has 1 N–H and O–H groups in total. The van der Waals surface area contributed by atoms with Crippen LogP contribution in [0.15, 0.2) is 0 Å². The monoisotopic (exact) mass is 194 g/mol. The van der Waals surface area contributed by atoms with Crippen molar-refractivity contribution in [2.24, 2.45) is 11.8 Å². The van der Waals surface area contributed by atoms with Crippen molar-refractivity contribution in [3.05, 3.63) is 5.92 Å². The third-order valence-electron chi connectivity index (χ3n) is 4.23. The Morgan fingerprint density at radius 2 is 1.43 bits per heavy atom. The highest BCUT2D eigenvalue weighted by atomic mass is 14.9. The van der Waals surface area contributed by atoms with Crippen LogP contribution >= 0.6 is 0 Å². The fourth-order valence-corrected chi connectivity index (χ4v) is 3.17. The van der Waals surface area contributed by atoms with Crippen molar-refractivity contribution >= 4 is 0 Å². The first kappa shape index (κ1) is 10.5. The van der Waals surface area contributed by atoms with E-state index >= 15 is 0 Å². The van der Waals surface area contributed by atoms with Crippen LogP contribution in [0.5, 0.6) is 0 Å². The Hall–Kier alpha value is -0.0400. The average Bonchev–Trinajstić information content (AvgIpc) is 2.30. The van der Waals surface area contributed by atoms with Gasteiger partial charge in [-0.15, -0.1) is 0 Å². The lowest BCUT2D eigenvalue weighted by molar-refractivity contribution is 0.287. The molecule has 81 valence electrons. The van der Waals surface area contributed by atoms with E-state index in [0.29, 0.717) is 0 Å². The summed E-state index contributed by atoms with van der Waals surface area (Å²) in [6.07, 6.45) is 10.2. The summed E-state index contributed by atoms with van der Waals surface area (Å²) in [6, 6.07) is 0. The second-order valence-corrected chi connectivity index (χ2v) is 5.10. The first-order chi connectivity index (χ1) is 6.88. The standard InChI is InChI=1S/C13H24N/c1-11(12-5-3-2-4-6-12)13-7-9-14-10-8-13/h12-14H,2-10H2,1H3. The molecule has 0 atom stereocenters. The molecule has 1 heteroatoms. The smallest absolute Gasteiger partial charge is 0.00461 e. The quantitative estimate of drug-likeness (QED) is 0.712.